The number of hydrogen-bond acceptors (Lipinski definition) is 5. The number of methoxy groups -OCH3 is 1. The predicted octanol–water partition coefficient (Wildman–Crippen LogP) is 2.04. The fraction of sp³-hybridized carbons (Fsp3) is 0.588. The summed E-state index contributed by atoms with van der Waals surface area (Å²) in [5.41, 5.74) is 0.948. The molecule has 2 fully saturated rings. The molecule has 1 aromatic carbocycles. The lowest BCUT2D eigenvalue weighted by Crippen LogP contribution is -2.43. The highest BCUT2D eigenvalue weighted by Crippen LogP contribution is 2.26. The fourth-order valence-electron chi connectivity index (χ4n) is 2.84. The van der Waals surface area contributed by atoms with Gasteiger partial charge in [0.05, 0.1) is 12.8 Å². The minimum absolute atomic E-state index is 0.181. The maximum absolute atomic E-state index is 10.9. The van der Waals surface area contributed by atoms with Crippen LogP contribution in [0.3, 0.4) is 0 Å². The normalized spacial score (nSPS) is 18.0. The maximum Gasteiger partial charge on any atom is 0.409 e. The zero-order chi connectivity index (χ0) is 16.5. The van der Waals surface area contributed by atoms with Gasteiger partial charge in [-0.25, -0.2) is 4.79 Å². The molecule has 23 heavy (non-hydrogen) atoms. The van der Waals surface area contributed by atoms with E-state index in [9.17, 15) is 9.90 Å². The molecule has 0 bridgehead atoms. The number of nitrogens with one attached hydrogen (secondary N) is 1. The number of anilines is 1. The molecular weight excluding hydrogens is 294 g/mol. The van der Waals surface area contributed by atoms with Crippen molar-refractivity contribution >= 4 is 11.8 Å². The second-order valence-corrected chi connectivity index (χ2v) is 5.74. The number of carbonyl (C=O) groups is 1. The standard InChI is InChI=1S/C10H14N2O.C7H13NO2/c13-10-4-2-1-3-9(10)12-7-5-11-6-8-12;1-10-7(9)8-5-3-2-4-6-8/h1-4,11,13H,5-8H2;2-6H2,1H3. The molecule has 6 nitrogen and oxygen atoms in total. The van der Waals surface area contributed by atoms with E-state index in [4.69, 9.17) is 0 Å². The van der Waals surface area contributed by atoms with Crippen LogP contribution in [-0.4, -0.2) is 62.5 Å². The minimum Gasteiger partial charge on any atom is -0.506 e. The third-order valence-electron chi connectivity index (χ3n) is 4.13. The van der Waals surface area contributed by atoms with Crippen LogP contribution in [0.25, 0.3) is 0 Å². The molecule has 0 saturated carbocycles. The van der Waals surface area contributed by atoms with Crippen LogP contribution in [0.5, 0.6) is 5.75 Å². The number of rotatable bonds is 1. The molecule has 2 aliphatic heterocycles. The summed E-state index contributed by atoms with van der Waals surface area (Å²) >= 11 is 0. The average molecular weight is 321 g/mol. The smallest absolute Gasteiger partial charge is 0.409 e. The molecule has 0 atom stereocenters. The summed E-state index contributed by atoms with van der Waals surface area (Å²) in [4.78, 5) is 14.8. The number of piperidine rings is 1. The third-order valence-corrected chi connectivity index (χ3v) is 4.13. The van der Waals surface area contributed by atoms with Crippen molar-refractivity contribution < 1.29 is 14.6 Å². The number of benzene rings is 1. The van der Waals surface area contributed by atoms with Gasteiger partial charge in [-0.15, -0.1) is 0 Å². The first-order valence-electron chi connectivity index (χ1n) is 8.29. The van der Waals surface area contributed by atoms with Gasteiger partial charge in [0, 0.05) is 39.3 Å². The van der Waals surface area contributed by atoms with Crippen LogP contribution in [0.4, 0.5) is 10.5 Å². The highest BCUT2D eigenvalue weighted by molar-refractivity contribution is 5.67. The highest BCUT2D eigenvalue weighted by Gasteiger charge is 2.15. The van der Waals surface area contributed by atoms with E-state index in [2.05, 4.69) is 15.0 Å². The molecule has 1 amide bonds. The highest BCUT2D eigenvalue weighted by atomic mass is 16.5. The number of aromatic hydroxyl groups is 1. The maximum atomic E-state index is 10.9. The SMILES string of the molecule is COC(=O)N1CCCCC1.Oc1ccccc1N1CCNCC1. The van der Waals surface area contributed by atoms with Crippen LogP contribution in [-0.2, 0) is 4.74 Å². The van der Waals surface area contributed by atoms with Crippen LogP contribution in [0.15, 0.2) is 24.3 Å². The molecule has 0 unspecified atom stereocenters. The van der Waals surface area contributed by atoms with Gasteiger partial charge in [-0.05, 0) is 31.4 Å². The molecule has 2 N–H and O–H groups in total. The van der Waals surface area contributed by atoms with Crippen LogP contribution < -0.4 is 10.2 Å². The van der Waals surface area contributed by atoms with E-state index in [-0.39, 0.29) is 6.09 Å². The second-order valence-electron chi connectivity index (χ2n) is 5.74. The number of hydrogen-bond donors (Lipinski definition) is 2. The Morgan fingerprint density at radius 1 is 1.09 bits per heavy atom. The van der Waals surface area contributed by atoms with Crippen molar-refractivity contribution in [2.45, 2.75) is 19.3 Å². The van der Waals surface area contributed by atoms with Crippen molar-refractivity contribution in [2.24, 2.45) is 0 Å². The van der Waals surface area contributed by atoms with Crippen molar-refractivity contribution in [1.82, 2.24) is 10.2 Å². The van der Waals surface area contributed by atoms with Crippen molar-refractivity contribution in [3.05, 3.63) is 24.3 Å². The van der Waals surface area contributed by atoms with Crippen LogP contribution in [0, 0.1) is 0 Å². The van der Waals surface area contributed by atoms with Gasteiger partial charge in [-0.2, -0.15) is 0 Å². The monoisotopic (exact) mass is 321 g/mol. The lowest BCUT2D eigenvalue weighted by molar-refractivity contribution is 0.115. The van der Waals surface area contributed by atoms with E-state index in [0.717, 1.165) is 57.8 Å². The first-order chi connectivity index (χ1) is 11.2. The molecule has 0 radical (unpaired) electrons. The fourth-order valence-corrected chi connectivity index (χ4v) is 2.84. The van der Waals surface area contributed by atoms with Gasteiger partial charge in [0.15, 0.2) is 0 Å². The Morgan fingerprint density at radius 2 is 1.74 bits per heavy atom. The number of phenolic OH excluding ortho intramolecular Hbond substituents is 1. The second kappa shape index (κ2) is 9.25. The molecule has 3 rings (SSSR count). The zero-order valence-corrected chi connectivity index (χ0v) is 13.8. The largest absolute Gasteiger partial charge is 0.506 e. The summed E-state index contributed by atoms with van der Waals surface area (Å²) < 4.78 is 4.58. The molecular formula is C17H27N3O3. The molecule has 0 aromatic heterocycles. The Morgan fingerprint density at radius 3 is 2.35 bits per heavy atom. The van der Waals surface area contributed by atoms with Gasteiger partial charge < -0.3 is 25.0 Å². The molecule has 0 aliphatic carbocycles. The first-order valence-corrected chi connectivity index (χ1v) is 8.29. The molecule has 2 aliphatic rings. The van der Waals surface area contributed by atoms with Crippen LogP contribution in [0.1, 0.15) is 19.3 Å². The summed E-state index contributed by atoms with van der Waals surface area (Å²) in [6.07, 6.45) is 3.30. The number of amides is 1. The van der Waals surface area contributed by atoms with Crippen LogP contribution >= 0.6 is 0 Å². The quantitative estimate of drug-likeness (QED) is 0.829. The van der Waals surface area contributed by atoms with Crippen molar-refractivity contribution in [2.75, 3.05) is 51.3 Å². The lowest BCUT2D eigenvalue weighted by atomic mass is 10.1. The van der Waals surface area contributed by atoms with Gasteiger partial charge in [0.25, 0.3) is 0 Å². The Balaban J connectivity index is 0.000000174. The Kier molecular flexibility index (Phi) is 7.00. The molecule has 1 aromatic rings. The number of nitrogens with zero attached hydrogens (tertiary/aromatic N) is 2. The number of ether oxygens (including phenoxy) is 1. The summed E-state index contributed by atoms with van der Waals surface area (Å²) in [7, 11) is 1.43. The summed E-state index contributed by atoms with van der Waals surface area (Å²) in [5.74, 6) is 0.379. The number of piperazine rings is 1. The molecule has 6 heteroatoms. The van der Waals surface area contributed by atoms with Gasteiger partial charge in [0.1, 0.15) is 5.75 Å². The van der Waals surface area contributed by atoms with E-state index in [1.54, 1.807) is 11.0 Å². The van der Waals surface area contributed by atoms with E-state index in [1.807, 2.05) is 18.2 Å². The summed E-state index contributed by atoms with van der Waals surface area (Å²) in [6, 6.07) is 7.50. The Bertz CT molecular complexity index is 484. The topological polar surface area (TPSA) is 65.0 Å². The van der Waals surface area contributed by atoms with Gasteiger partial charge in [0.2, 0.25) is 0 Å². The molecule has 0 spiro atoms. The van der Waals surface area contributed by atoms with Crippen molar-refractivity contribution in [3.8, 4) is 5.75 Å². The van der Waals surface area contributed by atoms with E-state index in [1.165, 1.54) is 13.5 Å². The number of likely N-dealkylation sites (tertiary alicyclic amines) is 1. The minimum atomic E-state index is -0.181. The number of phenols is 1. The van der Waals surface area contributed by atoms with Crippen molar-refractivity contribution in [3.63, 3.8) is 0 Å². The Hall–Kier alpha value is -1.95. The van der Waals surface area contributed by atoms with E-state index >= 15 is 0 Å². The summed E-state index contributed by atoms with van der Waals surface area (Å²) in [5, 5.41) is 12.9. The van der Waals surface area contributed by atoms with E-state index < -0.39 is 0 Å². The van der Waals surface area contributed by atoms with Crippen molar-refractivity contribution in [1.29, 1.82) is 0 Å². The molecule has 2 saturated heterocycles. The average Bonchev–Trinajstić information content (AvgIpc) is 2.63. The van der Waals surface area contributed by atoms with Gasteiger partial charge in [-0.1, -0.05) is 12.1 Å². The zero-order valence-electron chi connectivity index (χ0n) is 13.8. The lowest BCUT2D eigenvalue weighted by Gasteiger charge is -2.29. The third kappa shape index (κ3) is 5.32. The van der Waals surface area contributed by atoms with Gasteiger partial charge in [-0.3, -0.25) is 0 Å². The number of para-hydroxylation sites is 2. The van der Waals surface area contributed by atoms with Gasteiger partial charge >= 0.3 is 6.09 Å². The summed E-state index contributed by atoms with van der Waals surface area (Å²) in [6.45, 7) is 5.66. The van der Waals surface area contributed by atoms with E-state index in [0.29, 0.717) is 5.75 Å². The van der Waals surface area contributed by atoms with Crippen LogP contribution in [0.2, 0.25) is 0 Å². The Labute approximate surface area is 138 Å². The molecule has 128 valence electrons. The first kappa shape index (κ1) is 17.4. The predicted molar refractivity (Wildman–Crippen MR) is 91.0 cm³/mol. The molecule has 2 heterocycles. The number of carbonyl (C=O) groups excluding carboxylic acids is 1.